The third-order valence-electron chi connectivity index (χ3n) is 4.77. The van der Waals surface area contributed by atoms with Crippen LogP contribution in [-0.2, 0) is 23.7 Å². The number of fused-ring (bicyclic) bond motifs is 1. The minimum Gasteiger partial charge on any atom is -0.282 e. The summed E-state index contributed by atoms with van der Waals surface area (Å²) < 4.78 is 56.4. The van der Waals surface area contributed by atoms with E-state index in [9.17, 15) is 17.4 Å². The van der Waals surface area contributed by atoms with Crippen LogP contribution in [0.4, 0.5) is 18.9 Å². The predicted octanol–water partition coefficient (Wildman–Crippen LogP) is 4.54. The number of alkyl halides is 3. The van der Waals surface area contributed by atoms with Crippen molar-refractivity contribution in [2.75, 3.05) is 10.8 Å². The Labute approximate surface area is 190 Å². The number of anilines is 1. The van der Waals surface area contributed by atoms with Gasteiger partial charge in [0.2, 0.25) is 0 Å². The number of hydrogen-bond acceptors (Lipinski definition) is 4. The summed E-state index contributed by atoms with van der Waals surface area (Å²) in [5.41, 5.74) is 0.614. The minimum absolute atomic E-state index is 0.174. The van der Waals surface area contributed by atoms with Crippen molar-refractivity contribution in [3.63, 3.8) is 0 Å². The van der Waals surface area contributed by atoms with Crippen molar-refractivity contribution >= 4 is 27.6 Å². The van der Waals surface area contributed by atoms with Crippen molar-refractivity contribution in [1.82, 2.24) is 24.5 Å². The van der Waals surface area contributed by atoms with Crippen molar-refractivity contribution in [2.24, 2.45) is 0 Å². The molecule has 3 aromatic heterocycles. The molecule has 0 aliphatic carbocycles. The lowest BCUT2D eigenvalue weighted by molar-refractivity contribution is -0.137. The maximum absolute atomic E-state index is 13.5. The maximum Gasteiger partial charge on any atom is 0.419 e. The Balaban J connectivity index is 1.68. The second-order valence-electron chi connectivity index (χ2n) is 6.95. The quantitative estimate of drug-likeness (QED) is 0.353. The summed E-state index contributed by atoms with van der Waals surface area (Å²) in [6, 6.07) is 8.62. The number of aromatic nitrogens is 5. The van der Waals surface area contributed by atoms with E-state index in [2.05, 4.69) is 28.3 Å². The normalized spacial score (nSPS) is 12.6. The fourth-order valence-corrected chi connectivity index (χ4v) is 4.44. The number of benzene rings is 1. The molecule has 0 saturated carbocycles. The van der Waals surface area contributed by atoms with E-state index in [0.29, 0.717) is 17.1 Å². The van der Waals surface area contributed by atoms with Gasteiger partial charge in [0.25, 0.3) is 0 Å². The first-order chi connectivity index (χ1) is 15.8. The van der Waals surface area contributed by atoms with Gasteiger partial charge in [-0.15, -0.1) is 13.2 Å². The molecule has 7 nitrogen and oxygen atoms in total. The zero-order valence-corrected chi connectivity index (χ0v) is 18.1. The fraction of sp³-hybridized carbons (Fsp3) is 0.136. The lowest BCUT2D eigenvalue weighted by Gasteiger charge is -2.23. The Morgan fingerprint density at radius 2 is 1.88 bits per heavy atom. The highest BCUT2D eigenvalue weighted by molar-refractivity contribution is 7.86. The Hall–Kier alpha value is -3.73. The first-order valence-corrected chi connectivity index (χ1v) is 10.9. The Morgan fingerprint density at radius 3 is 2.52 bits per heavy atom. The summed E-state index contributed by atoms with van der Waals surface area (Å²) in [6.45, 7) is 8.29. The van der Waals surface area contributed by atoms with E-state index in [0.717, 1.165) is 28.0 Å². The minimum atomic E-state index is -4.50. The molecule has 0 N–H and O–H groups in total. The molecule has 0 bridgehead atoms. The molecular weight excluding hydrogens is 453 g/mol. The van der Waals surface area contributed by atoms with Gasteiger partial charge in [-0.05, 0) is 18.2 Å². The molecule has 4 aromatic rings. The molecular formula is C22H19F3N6OS. The van der Waals surface area contributed by atoms with Crippen molar-refractivity contribution in [3.8, 4) is 5.82 Å². The van der Waals surface area contributed by atoms with Crippen molar-refractivity contribution < 1.29 is 17.4 Å². The molecule has 0 saturated heterocycles. The number of nitrogens with zero attached hydrogens (tertiary/aromatic N) is 6. The van der Waals surface area contributed by atoms with Crippen LogP contribution in [0.1, 0.15) is 5.56 Å². The van der Waals surface area contributed by atoms with Crippen LogP contribution < -0.4 is 4.31 Å². The molecule has 3 heterocycles. The van der Waals surface area contributed by atoms with E-state index in [4.69, 9.17) is 0 Å². The van der Waals surface area contributed by atoms with Crippen molar-refractivity contribution in [3.05, 3.63) is 86.0 Å². The average Bonchev–Trinajstić information content (AvgIpc) is 3.45. The summed E-state index contributed by atoms with van der Waals surface area (Å²) in [7, 11) is -1.67. The van der Waals surface area contributed by atoms with Gasteiger partial charge in [0.05, 0.1) is 47.1 Å². The highest BCUT2D eigenvalue weighted by Crippen LogP contribution is 2.31. The van der Waals surface area contributed by atoms with Crippen LogP contribution in [-0.4, -0.2) is 35.3 Å². The third kappa shape index (κ3) is 4.44. The topological polar surface area (TPSA) is 68.8 Å². The first-order valence-electron chi connectivity index (χ1n) is 9.77. The van der Waals surface area contributed by atoms with Crippen LogP contribution in [0.15, 0.2) is 85.3 Å². The monoisotopic (exact) mass is 472 g/mol. The highest BCUT2D eigenvalue weighted by atomic mass is 32.2. The van der Waals surface area contributed by atoms with Crippen molar-refractivity contribution in [2.45, 2.75) is 17.6 Å². The van der Waals surface area contributed by atoms with Gasteiger partial charge < -0.3 is 0 Å². The lowest BCUT2D eigenvalue weighted by atomic mass is 10.2. The molecule has 0 aliphatic rings. The standard InChI is InChI=1S/C22H19F3N6OS/c1-3-10-29-21-16(12-27-29)6-5-7-19(21)31(11-4-2)33(32)18-8-9-20(26-14-18)30-15-17(13-28-30)22(23,24)25/h3-9,12-15H,1-2,10-11H2. The number of allylic oxidation sites excluding steroid dienone is 1. The lowest BCUT2D eigenvalue weighted by Crippen LogP contribution is -2.26. The molecule has 0 radical (unpaired) electrons. The van der Waals surface area contributed by atoms with Crippen LogP contribution in [0, 0.1) is 0 Å². The summed E-state index contributed by atoms with van der Waals surface area (Å²) in [4.78, 5) is 4.53. The molecule has 1 atom stereocenters. The van der Waals surface area contributed by atoms with Crippen LogP contribution >= 0.6 is 0 Å². The Bertz CT molecular complexity index is 1330. The summed E-state index contributed by atoms with van der Waals surface area (Å²) in [5.74, 6) is 0.174. The highest BCUT2D eigenvalue weighted by Gasteiger charge is 2.32. The van der Waals surface area contributed by atoms with Crippen LogP contribution in [0.2, 0.25) is 0 Å². The fourth-order valence-electron chi connectivity index (χ4n) is 3.29. The van der Waals surface area contributed by atoms with E-state index in [-0.39, 0.29) is 12.4 Å². The largest absolute Gasteiger partial charge is 0.419 e. The molecule has 0 fully saturated rings. The predicted molar refractivity (Wildman–Crippen MR) is 120 cm³/mol. The van der Waals surface area contributed by atoms with Crippen LogP contribution in [0.3, 0.4) is 0 Å². The molecule has 11 heteroatoms. The Kier molecular flexibility index (Phi) is 6.14. The van der Waals surface area contributed by atoms with E-state index in [1.54, 1.807) is 33.4 Å². The maximum atomic E-state index is 13.5. The van der Waals surface area contributed by atoms with Crippen LogP contribution in [0.25, 0.3) is 16.7 Å². The number of halogens is 3. The van der Waals surface area contributed by atoms with E-state index >= 15 is 0 Å². The van der Waals surface area contributed by atoms with Gasteiger partial charge in [-0.25, -0.2) is 13.9 Å². The SMILES string of the molecule is C=CCN(c1cccc2cnn(CC=C)c12)S(=O)c1ccc(-n2cc(C(F)(F)F)cn2)nc1. The molecule has 4 rings (SSSR count). The van der Waals surface area contributed by atoms with E-state index < -0.39 is 22.7 Å². The smallest absolute Gasteiger partial charge is 0.282 e. The van der Waals surface area contributed by atoms with Gasteiger partial charge in [-0.3, -0.25) is 8.99 Å². The molecule has 1 unspecified atom stereocenters. The molecule has 33 heavy (non-hydrogen) atoms. The molecule has 1 aromatic carbocycles. The molecule has 170 valence electrons. The third-order valence-corrected chi connectivity index (χ3v) is 6.16. The zero-order valence-electron chi connectivity index (χ0n) is 17.3. The summed E-state index contributed by atoms with van der Waals surface area (Å²) in [6.07, 6.45) is 3.53. The van der Waals surface area contributed by atoms with Crippen LogP contribution in [0.5, 0.6) is 0 Å². The van der Waals surface area contributed by atoms with E-state index in [1.807, 2.05) is 18.2 Å². The van der Waals surface area contributed by atoms with Gasteiger partial charge in [-0.2, -0.15) is 23.4 Å². The van der Waals surface area contributed by atoms with Gasteiger partial charge in [0.1, 0.15) is 0 Å². The molecule has 0 amide bonds. The molecule has 0 spiro atoms. The average molecular weight is 472 g/mol. The number of rotatable bonds is 8. The van der Waals surface area contributed by atoms with Gasteiger partial charge in [0, 0.05) is 17.8 Å². The van der Waals surface area contributed by atoms with E-state index in [1.165, 1.54) is 12.3 Å². The molecule has 0 aliphatic heterocycles. The second kappa shape index (κ2) is 9.02. The van der Waals surface area contributed by atoms with Gasteiger partial charge >= 0.3 is 6.18 Å². The van der Waals surface area contributed by atoms with Gasteiger partial charge in [-0.1, -0.05) is 24.3 Å². The number of para-hydroxylation sites is 1. The number of pyridine rings is 1. The summed E-state index contributed by atoms with van der Waals surface area (Å²) in [5, 5.41) is 8.97. The van der Waals surface area contributed by atoms with Gasteiger partial charge in [0.15, 0.2) is 16.8 Å². The first kappa shape index (κ1) is 22.5. The zero-order chi connectivity index (χ0) is 23.6. The summed E-state index contributed by atoms with van der Waals surface area (Å²) >= 11 is 0. The number of hydrogen-bond donors (Lipinski definition) is 0. The van der Waals surface area contributed by atoms with Crippen molar-refractivity contribution in [1.29, 1.82) is 0 Å². The second-order valence-corrected chi connectivity index (χ2v) is 8.36. The Morgan fingerprint density at radius 1 is 1.06 bits per heavy atom.